The number of hydrogen-bond acceptors (Lipinski definition) is 1. The minimum absolute atomic E-state index is 0.00583. The lowest BCUT2D eigenvalue weighted by Crippen LogP contribution is -1.96. The summed E-state index contributed by atoms with van der Waals surface area (Å²) in [5.74, 6) is -0.00583. The first-order valence-electron chi connectivity index (χ1n) is 3.54. The molecule has 1 aromatic carbocycles. The lowest BCUT2D eigenvalue weighted by Gasteiger charge is -1.97. The van der Waals surface area contributed by atoms with E-state index in [1.807, 2.05) is 25.1 Å². The molecule has 1 rings (SSSR count). The number of rotatable bonds is 2. The first-order chi connectivity index (χ1) is 5.24. The summed E-state index contributed by atoms with van der Waals surface area (Å²) in [6.45, 7) is 1.95. The maximum Gasteiger partial charge on any atom is 0.154 e. The molecule has 0 atom stereocenters. The number of benzene rings is 1. The molecule has 1 aromatic rings. The second kappa shape index (κ2) is 3.38. The molecular weight excluding hydrogens is 135 g/mol. The lowest BCUT2D eigenvalue weighted by atomic mass is 9.95. The Hall–Kier alpha value is -1.05. The van der Waals surface area contributed by atoms with Crippen LogP contribution in [0.4, 0.5) is 0 Å². The molecule has 54 valence electrons. The van der Waals surface area contributed by atoms with Gasteiger partial charge in [-0.25, -0.2) is 0 Å². The fourth-order valence-electron chi connectivity index (χ4n) is 0.936. The van der Waals surface area contributed by atoms with Crippen LogP contribution in [-0.2, 0) is 0 Å². The third-order valence-corrected chi connectivity index (χ3v) is 1.53. The van der Waals surface area contributed by atoms with E-state index >= 15 is 0 Å². The molecule has 2 heteroatoms. The van der Waals surface area contributed by atoms with Gasteiger partial charge in [-0.2, -0.15) is 0 Å². The van der Waals surface area contributed by atoms with Crippen molar-refractivity contribution in [2.75, 3.05) is 0 Å². The average Bonchev–Trinajstić information content (AvgIpc) is 2.03. The molecule has 0 aliphatic rings. The second-order valence-corrected chi connectivity index (χ2v) is 2.50. The summed E-state index contributed by atoms with van der Waals surface area (Å²) in [4.78, 5) is 11.0. The summed E-state index contributed by atoms with van der Waals surface area (Å²) < 4.78 is 0. The SMILES string of the molecule is [B]CC(=O)c1cccc(C)c1. The molecule has 0 fully saturated rings. The van der Waals surface area contributed by atoms with E-state index in [1.54, 1.807) is 6.07 Å². The molecule has 0 aromatic heterocycles. The Kier molecular flexibility index (Phi) is 2.47. The van der Waals surface area contributed by atoms with E-state index in [0.717, 1.165) is 5.56 Å². The monoisotopic (exact) mass is 144 g/mol. The number of Topliss-reactive ketones (excluding diaryl/α,β-unsaturated/α-hetero) is 1. The number of hydrogen-bond donors (Lipinski definition) is 0. The van der Waals surface area contributed by atoms with Gasteiger partial charge in [0.05, 0.1) is 7.85 Å². The average molecular weight is 144 g/mol. The van der Waals surface area contributed by atoms with Crippen molar-refractivity contribution in [1.82, 2.24) is 0 Å². The van der Waals surface area contributed by atoms with Crippen molar-refractivity contribution in [2.45, 2.75) is 13.2 Å². The van der Waals surface area contributed by atoms with E-state index in [4.69, 9.17) is 7.85 Å². The van der Waals surface area contributed by atoms with Gasteiger partial charge in [-0.3, -0.25) is 4.79 Å². The predicted molar refractivity (Wildman–Crippen MR) is 46.1 cm³/mol. The van der Waals surface area contributed by atoms with Gasteiger partial charge in [-0.1, -0.05) is 23.8 Å². The van der Waals surface area contributed by atoms with Gasteiger partial charge in [-0.05, 0) is 19.3 Å². The third-order valence-electron chi connectivity index (χ3n) is 1.53. The van der Waals surface area contributed by atoms with E-state index in [9.17, 15) is 4.79 Å². The van der Waals surface area contributed by atoms with E-state index < -0.39 is 0 Å². The fraction of sp³-hybridized carbons (Fsp3) is 0.222. The Morgan fingerprint density at radius 3 is 2.82 bits per heavy atom. The van der Waals surface area contributed by atoms with Crippen LogP contribution in [0.5, 0.6) is 0 Å². The van der Waals surface area contributed by atoms with Crippen LogP contribution >= 0.6 is 0 Å². The Morgan fingerprint density at radius 1 is 1.55 bits per heavy atom. The molecule has 0 N–H and O–H groups in total. The highest BCUT2D eigenvalue weighted by Gasteiger charge is 2.00. The number of aryl methyl sites for hydroxylation is 1. The fourth-order valence-corrected chi connectivity index (χ4v) is 0.936. The molecule has 11 heavy (non-hydrogen) atoms. The smallest absolute Gasteiger partial charge is 0.154 e. The van der Waals surface area contributed by atoms with Crippen molar-refractivity contribution in [2.24, 2.45) is 0 Å². The quantitative estimate of drug-likeness (QED) is 0.456. The summed E-state index contributed by atoms with van der Waals surface area (Å²) in [6.07, 6.45) is 0.0868. The number of carbonyl (C=O) groups excluding carboxylic acids is 1. The predicted octanol–water partition coefficient (Wildman–Crippen LogP) is 1.76. The highest BCUT2D eigenvalue weighted by Crippen LogP contribution is 2.05. The largest absolute Gasteiger partial charge is 0.295 e. The molecular formula is C9H9BO. The van der Waals surface area contributed by atoms with Crippen LogP contribution in [0, 0.1) is 6.92 Å². The molecule has 0 aliphatic heterocycles. The van der Waals surface area contributed by atoms with Crippen LogP contribution in [0.15, 0.2) is 24.3 Å². The van der Waals surface area contributed by atoms with Crippen molar-refractivity contribution >= 4 is 13.6 Å². The van der Waals surface area contributed by atoms with Gasteiger partial charge in [0.25, 0.3) is 0 Å². The van der Waals surface area contributed by atoms with Crippen molar-refractivity contribution in [3.63, 3.8) is 0 Å². The maximum atomic E-state index is 11.0. The summed E-state index contributed by atoms with van der Waals surface area (Å²) in [5.41, 5.74) is 1.79. The summed E-state index contributed by atoms with van der Waals surface area (Å²) in [7, 11) is 5.20. The highest BCUT2D eigenvalue weighted by molar-refractivity contribution is 6.23. The van der Waals surface area contributed by atoms with E-state index in [1.165, 1.54) is 0 Å². The summed E-state index contributed by atoms with van der Waals surface area (Å²) in [5, 5.41) is 0. The van der Waals surface area contributed by atoms with Gasteiger partial charge in [0, 0.05) is 5.56 Å². The Balaban J connectivity index is 2.96. The van der Waals surface area contributed by atoms with Crippen LogP contribution in [0.3, 0.4) is 0 Å². The maximum absolute atomic E-state index is 11.0. The van der Waals surface area contributed by atoms with Crippen LogP contribution in [0.25, 0.3) is 0 Å². The molecule has 0 saturated heterocycles. The highest BCUT2D eigenvalue weighted by atomic mass is 16.1. The Morgan fingerprint density at radius 2 is 2.27 bits per heavy atom. The van der Waals surface area contributed by atoms with Crippen LogP contribution in [-0.4, -0.2) is 13.6 Å². The Labute approximate surface area is 67.8 Å². The minimum atomic E-state index is -0.00583. The molecule has 0 aliphatic carbocycles. The molecule has 0 amide bonds. The first-order valence-corrected chi connectivity index (χ1v) is 3.54. The van der Waals surface area contributed by atoms with Crippen LogP contribution in [0.2, 0.25) is 6.32 Å². The van der Waals surface area contributed by atoms with Gasteiger partial charge in [0.2, 0.25) is 0 Å². The molecule has 1 nitrogen and oxygen atoms in total. The standard InChI is InChI=1S/C9H9BO/c1-7-3-2-4-8(5-7)9(11)6-10/h2-5H,6H2,1H3. The second-order valence-electron chi connectivity index (χ2n) is 2.50. The van der Waals surface area contributed by atoms with Crippen molar-refractivity contribution in [1.29, 1.82) is 0 Å². The van der Waals surface area contributed by atoms with Crippen molar-refractivity contribution in [3.8, 4) is 0 Å². The lowest BCUT2D eigenvalue weighted by molar-refractivity contribution is 0.101. The van der Waals surface area contributed by atoms with Gasteiger partial charge >= 0.3 is 0 Å². The molecule has 0 unspecified atom stereocenters. The van der Waals surface area contributed by atoms with E-state index in [-0.39, 0.29) is 12.1 Å². The van der Waals surface area contributed by atoms with Crippen LogP contribution in [0.1, 0.15) is 15.9 Å². The minimum Gasteiger partial charge on any atom is -0.295 e. The first kappa shape index (κ1) is 8.06. The van der Waals surface area contributed by atoms with E-state index in [2.05, 4.69) is 0 Å². The van der Waals surface area contributed by atoms with Crippen LogP contribution < -0.4 is 0 Å². The Bertz CT molecular complexity index is 268. The van der Waals surface area contributed by atoms with Gasteiger partial charge in [-0.15, -0.1) is 0 Å². The zero-order valence-corrected chi connectivity index (χ0v) is 6.50. The van der Waals surface area contributed by atoms with Gasteiger partial charge in [0.15, 0.2) is 5.78 Å². The van der Waals surface area contributed by atoms with E-state index in [0.29, 0.717) is 5.56 Å². The summed E-state index contributed by atoms with van der Waals surface area (Å²) >= 11 is 0. The van der Waals surface area contributed by atoms with Crippen molar-refractivity contribution in [3.05, 3.63) is 35.4 Å². The van der Waals surface area contributed by atoms with Gasteiger partial charge < -0.3 is 0 Å². The zero-order chi connectivity index (χ0) is 8.27. The summed E-state index contributed by atoms with van der Waals surface area (Å²) in [6, 6.07) is 7.43. The molecule has 0 spiro atoms. The normalized spacial score (nSPS) is 9.55. The van der Waals surface area contributed by atoms with Crippen molar-refractivity contribution < 1.29 is 4.79 Å². The third kappa shape index (κ3) is 1.94. The van der Waals surface area contributed by atoms with Gasteiger partial charge in [0.1, 0.15) is 0 Å². The molecule has 0 heterocycles. The molecule has 0 bridgehead atoms. The topological polar surface area (TPSA) is 17.1 Å². The zero-order valence-electron chi connectivity index (χ0n) is 6.50. The molecule has 0 saturated carbocycles. The number of ketones is 1. The number of carbonyl (C=O) groups is 1. The molecule has 2 radical (unpaired) electrons.